The van der Waals surface area contributed by atoms with Gasteiger partial charge in [-0.15, -0.1) is 0 Å². The van der Waals surface area contributed by atoms with Crippen LogP contribution < -0.4 is 5.32 Å². The third-order valence-corrected chi connectivity index (χ3v) is 4.33. The Morgan fingerprint density at radius 2 is 1.58 bits per heavy atom. The van der Waals surface area contributed by atoms with E-state index in [1.807, 2.05) is 31.3 Å². The lowest BCUT2D eigenvalue weighted by molar-refractivity contribution is 0.689. The molecule has 0 saturated carbocycles. The lowest BCUT2D eigenvalue weighted by Crippen LogP contribution is -2.18. The summed E-state index contributed by atoms with van der Waals surface area (Å²) in [5, 5.41) is 5.26. The molecule has 0 amide bonds. The number of nitrogens with one attached hydrogen (secondary N) is 1. The first-order valence-electron chi connectivity index (χ1n) is 5.60. The summed E-state index contributed by atoms with van der Waals surface area (Å²) in [6.07, 6.45) is 0. The fraction of sp³-hybridized carbons (Fsp3) is 0.143. The Bertz CT molecular complexity index is 601. The van der Waals surface area contributed by atoms with Gasteiger partial charge in [-0.2, -0.15) is 0 Å². The van der Waals surface area contributed by atoms with Crippen LogP contribution in [0.2, 0.25) is 15.1 Å². The average Bonchev–Trinajstić information content (AvgIpc) is 2.36. The third kappa shape index (κ3) is 3.45. The molecule has 2 aromatic carbocycles. The second-order valence-corrected chi connectivity index (χ2v) is 6.19. The van der Waals surface area contributed by atoms with E-state index in [1.54, 1.807) is 12.1 Å². The Hall–Kier alpha value is -0.250. The van der Waals surface area contributed by atoms with E-state index in [2.05, 4.69) is 21.2 Å². The van der Waals surface area contributed by atoms with Crippen molar-refractivity contribution < 1.29 is 0 Å². The summed E-state index contributed by atoms with van der Waals surface area (Å²) >= 11 is 21.8. The molecule has 0 saturated heterocycles. The van der Waals surface area contributed by atoms with E-state index >= 15 is 0 Å². The molecule has 1 unspecified atom stereocenters. The summed E-state index contributed by atoms with van der Waals surface area (Å²) in [5.41, 5.74) is 1.98. The first-order valence-corrected chi connectivity index (χ1v) is 7.52. The van der Waals surface area contributed by atoms with Crippen molar-refractivity contribution in [3.05, 3.63) is 67.1 Å². The number of halogens is 4. The van der Waals surface area contributed by atoms with Gasteiger partial charge < -0.3 is 5.32 Å². The summed E-state index contributed by atoms with van der Waals surface area (Å²) in [6.45, 7) is 0. The van der Waals surface area contributed by atoms with Crippen LogP contribution in [0.3, 0.4) is 0 Å². The highest BCUT2D eigenvalue weighted by molar-refractivity contribution is 9.10. The maximum atomic E-state index is 6.26. The van der Waals surface area contributed by atoms with E-state index in [0.717, 1.165) is 15.6 Å². The molecule has 0 radical (unpaired) electrons. The molecule has 5 heteroatoms. The van der Waals surface area contributed by atoms with Gasteiger partial charge in [-0.25, -0.2) is 0 Å². The van der Waals surface area contributed by atoms with Gasteiger partial charge in [0.15, 0.2) is 0 Å². The van der Waals surface area contributed by atoms with Crippen LogP contribution in [0.4, 0.5) is 0 Å². The second-order valence-electron chi connectivity index (χ2n) is 4.05. The molecule has 2 rings (SSSR count). The first kappa shape index (κ1) is 15.1. The van der Waals surface area contributed by atoms with Crippen molar-refractivity contribution in [2.24, 2.45) is 0 Å². The van der Waals surface area contributed by atoms with Crippen molar-refractivity contribution in [3.8, 4) is 0 Å². The molecule has 1 N–H and O–H groups in total. The molecule has 0 fully saturated rings. The summed E-state index contributed by atoms with van der Waals surface area (Å²) in [6, 6.07) is 11.1. The van der Waals surface area contributed by atoms with Gasteiger partial charge in [-0.1, -0.05) is 56.8 Å². The van der Waals surface area contributed by atoms with Crippen LogP contribution in [0.1, 0.15) is 17.2 Å². The molecule has 0 aromatic heterocycles. The quantitative estimate of drug-likeness (QED) is 0.719. The van der Waals surface area contributed by atoms with E-state index in [-0.39, 0.29) is 6.04 Å². The van der Waals surface area contributed by atoms with Gasteiger partial charge in [0.1, 0.15) is 0 Å². The molecular formula is C14H11BrCl3N. The van der Waals surface area contributed by atoms with Gasteiger partial charge in [0, 0.05) is 19.5 Å². The van der Waals surface area contributed by atoms with Crippen LogP contribution >= 0.6 is 50.7 Å². The Morgan fingerprint density at radius 1 is 0.947 bits per heavy atom. The molecule has 100 valence electrons. The van der Waals surface area contributed by atoms with Gasteiger partial charge in [0.25, 0.3) is 0 Å². The zero-order valence-corrected chi connectivity index (χ0v) is 13.9. The zero-order valence-electron chi connectivity index (χ0n) is 10.1. The number of rotatable bonds is 3. The highest BCUT2D eigenvalue weighted by atomic mass is 79.9. The highest BCUT2D eigenvalue weighted by Gasteiger charge is 2.18. The van der Waals surface area contributed by atoms with Crippen LogP contribution in [0.15, 0.2) is 40.9 Å². The maximum absolute atomic E-state index is 6.26. The Balaban J connectivity index is 2.52. The maximum Gasteiger partial charge on any atom is 0.0600 e. The van der Waals surface area contributed by atoms with E-state index in [0.29, 0.717) is 15.1 Å². The normalized spacial score (nSPS) is 12.5. The smallest absolute Gasteiger partial charge is 0.0600 e. The number of benzene rings is 2. The number of hydrogen-bond acceptors (Lipinski definition) is 1. The van der Waals surface area contributed by atoms with Crippen LogP contribution in [-0.2, 0) is 0 Å². The van der Waals surface area contributed by atoms with Crippen LogP contribution in [-0.4, -0.2) is 7.05 Å². The molecule has 2 aromatic rings. The molecule has 0 heterocycles. The molecule has 19 heavy (non-hydrogen) atoms. The minimum atomic E-state index is -0.0576. The van der Waals surface area contributed by atoms with Crippen LogP contribution in [0.25, 0.3) is 0 Å². The highest BCUT2D eigenvalue weighted by Crippen LogP contribution is 2.34. The van der Waals surface area contributed by atoms with Gasteiger partial charge >= 0.3 is 0 Å². The van der Waals surface area contributed by atoms with Gasteiger partial charge in [-0.3, -0.25) is 0 Å². The Kier molecular flexibility index (Phi) is 5.15. The van der Waals surface area contributed by atoms with Crippen molar-refractivity contribution >= 4 is 50.7 Å². The third-order valence-electron chi connectivity index (χ3n) is 2.83. The van der Waals surface area contributed by atoms with Crippen molar-refractivity contribution in [1.29, 1.82) is 0 Å². The average molecular weight is 380 g/mol. The lowest BCUT2D eigenvalue weighted by Gasteiger charge is -2.20. The summed E-state index contributed by atoms with van der Waals surface area (Å²) in [5.74, 6) is 0. The first-order chi connectivity index (χ1) is 9.02. The molecule has 0 aliphatic carbocycles. The van der Waals surface area contributed by atoms with E-state index < -0.39 is 0 Å². The predicted molar refractivity (Wildman–Crippen MR) is 86.5 cm³/mol. The van der Waals surface area contributed by atoms with E-state index in [9.17, 15) is 0 Å². The molecule has 0 bridgehead atoms. The minimum absolute atomic E-state index is 0.0576. The van der Waals surface area contributed by atoms with Gasteiger partial charge in [0.05, 0.1) is 6.04 Å². The monoisotopic (exact) mass is 377 g/mol. The molecule has 1 nitrogen and oxygen atoms in total. The van der Waals surface area contributed by atoms with Crippen LogP contribution in [0.5, 0.6) is 0 Å². The van der Waals surface area contributed by atoms with E-state index in [1.165, 1.54) is 0 Å². The summed E-state index contributed by atoms with van der Waals surface area (Å²) in [4.78, 5) is 0. The Morgan fingerprint density at radius 3 is 2.21 bits per heavy atom. The number of hydrogen-bond donors (Lipinski definition) is 1. The van der Waals surface area contributed by atoms with Crippen molar-refractivity contribution in [2.45, 2.75) is 6.04 Å². The fourth-order valence-corrected chi connectivity index (χ4v) is 3.27. The second kappa shape index (κ2) is 6.47. The summed E-state index contributed by atoms with van der Waals surface area (Å²) < 4.78 is 0.926. The molecular weight excluding hydrogens is 368 g/mol. The molecule has 0 aliphatic heterocycles. The van der Waals surface area contributed by atoms with Crippen molar-refractivity contribution in [1.82, 2.24) is 5.32 Å². The van der Waals surface area contributed by atoms with Crippen molar-refractivity contribution in [2.75, 3.05) is 7.05 Å². The lowest BCUT2D eigenvalue weighted by atomic mass is 9.99. The van der Waals surface area contributed by atoms with E-state index in [4.69, 9.17) is 34.8 Å². The fourth-order valence-electron chi connectivity index (χ4n) is 1.95. The summed E-state index contributed by atoms with van der Waals surface area (Å²) in [7, 11) is 1.88. The predicted octanol–water partition coefficient (Wildman–Crippen LogP) is 5.72. The molecule has 0 spiro atoms. The largest absolute Gasteiger partial charge is 0.309 e. The zero-order chi connectivity index (χ0) is 14.0. The standard InChI is InChI=1S/C14H11BrCl3N/c1-19-14(10-4-2-9(17)7-12(10)15)11-6-8(16)3-5-13(11)18/h2-7,14,19H,1H3. The Labute approximate surface area is 136 Å². The van der Waals surface area contributed by atoms with Crippen molar-refractivity contribution in [3.63, 3.8) is 0 Å². The minimum Gasteiger partial charge on any atom is -0.309 e. The van der Waals surface area contributed by atoms with Gasteiger partial charge in [-0.05, 0) is 48.5 Å². The van der Waals surface area contributed by atoms with Gasteiger partial charge in [0.2, 0.25) is 0 Å². The topological polar surface area (TPSA) is 12.0 Å². The van der Waals surface area contributed by atoms with Crippen LogP contribution in [0, 0.1) is 0 Å². The SMILES string of the molecule is CNC(c1cc(Cl)ccc1Cl)c1ccc(Cl)cc1Br. The molecule has 1 atom stereocenters. The molecule has 0 aliphatic rings.